The van der Waals surface area contributed by atoms with E-state index >= 15 is 0 Å². The van der Waals surface area contributed by atoms with Crippen molar-refractivity contribution in [3.05, 3.63) is 71.8 Å². The average molecular weight is 874 g/mol. The Morgan fingerprint density at radius 3 is 2.32 bits per heavy atom. The van der Waals surface area contributed by atoms with E-state index in [-0.39, 0.29) is 56.7 Å². The molecule has 2 aromatic rings. The van der Waals surface area contributed by atoms with E-state index in [0.717, 1.165) is 56.1 Å². The highest BCUT2D eigenvalue weighted by Gasteiger charge is 2.65. The highest BCUT2D eigenvalue weighted by Crippen LogP contribution is 2.62. The molecule has 0 aromatic heterocycles. The number of aliphatic hydroxyl groups excluding tert-OH is 2. The minimum atomic E-state index is -1.41. The van der Waals surface area contributed by atoms with Crippen LogP contribution in [-0.4, -0.2) is 92.0 Å². The van der Waals surface area contributed by atoms with Crippen molar-refractivity contribution < 1.29 is 48.3 Å². The number of oxime groups is 1. The van der Waals surface area contributed by atoms with Gasteiger partial charge in [-0.1, -0.05) is 94.9 Å². The molecule has 2 aliphatic heterocycles. The number of allylic oxidation sites excluding steroid dienone is 1. The van der Waals surface area contributed by atoms with Crippen molar-refractivity contribution in [2.75, 3.05) is 47.3 Å². The molecular weight excluding hydrogens is 803 g/mol. The Bertz CT molecular complexity index is 1880. The van der Waals surface area contributed by atoms with Crippen LogP contribution in [0.4, 0.5) is 4.79 Å². The molecule has 13 nitrogen and oxygen atoms in total. The third-order valence-electron chi connectivity index (χ3n) is 13.3. The molecular formula is C50H71N3O10. The summed E-state index contributed by atoms with van der Waals surface area (Å²) in [6, 6.07) is 9.97. The maximum Gasteiger partial charge on any atom is 0.412 e. The number of fused-ring (bicyclic) bond motifs is 3. The minimum Gasteiger partial charge on any atom is -0.459 e. The standard InChI is InChI=1S/C50H71N3O10/c1-5-7-8-9-10-11-12-13-14-17-26-51-49(57)62-37-23-25-42-40(32-37)46-38(21-16-19-28-55)35(20-15-18-27-54)30-39-41(52-58-4)33-45(50(63-42,47(39)46)61-29-6-2)53(3)48(56)36-22-24-43-44(31-36)60-34-59-43/h6,22-25,30-32,35,38,45-47,54-55H,2,5,7-21,26-29,33-34H2,1,3-4H3,(H,51,57). The number of ether oxygens (including phenoxy) is 5. The number of hydrogen-bond acceptors (Lipinski definition) is 11. The first-order valence-electron chi connectivity index (χ1n) is 23.5. The second-order valence-electron chi connectivity index (χ2n) is 17.4. The third-order valence-corrected chi connectivity index (χ3v) is 13.3. The lowest BCUT2D eigenvalue weighted by atomic mass is 9.55. The summed E-state index contributed by atoms with van der Waals surface area (Å²) in [6.45, 7) is 7.18. The predicted molar refractivity (Wildman–Crippen MR) is 242 cm³/mol. The number of carbonyl (C=O) groups excluding carboxylic acids is 2. The molecule has 1 saturated carbocycles. The van der Waals surface area contributed by atoms with Crippen molar-refractivity contribution in [3.8, 4) is 23.0 Å². The lowest BCUT2D eigenvalue weighted by Gasteiger charge is -2.59. The molecule has 6 rings (SSSR count). The van der Waals surface area contributed by atoms with E-state index < -0.39 is 23.8 Å². The number of nitrogens with zero attached hydrogens (tertiary/aromatic N) is 2. The number of likely N-dealkylation sites (N-methyl/N-ethyl adjacent to an activating group) is 1. The molecule has 0 radical (unpaired) electrons. The summed E-state index contributed by atoms with van der Waals surface area (Å²) < 4.78 is 31.3. The van der Waals surface area contributed by atoms with Crippen molar-refractivity contribution in [1.29, 1.82) is 0 Å². The molecule has 4 aliphatic rings. The summed E-state index contributed by atoms with van der Waals surface area (Å²) in [5.74, 6) is -0.283. The number of aliphatic hydroxyl groups is 2. The highest BCUT2D eigenvalue weighted by atomic mass is 16.7. The number of benzene rings is 2. The zero-order chi connectivity index (χ0) is 44.6. The molecule has 0 spiro atoms. The number of rotatable bonds is 26. The second kappa shape index (κ2) is 23.9. The predicted octanol–water partition coefficient (Wildman–Crippen LogP) is 9.46. The summed E-state index contributed by atoms with van der Waals surface area (Å²) in [7, 11) is 3.28. The summed E-state index contributed by atoms with van der Waals surface area (Å²) in [5, 5.41) is 27.3. The largest absolute Gasteiger partial charge is 0.459 e. The topological polar surface area (TPSA) is 158 Å². The Morgan fingerprint density at radius 2 is 1.60 bits per heavy atom. The number of carbonyl (C=O) groups is 2. The fourth-order valence-corrected chi connectivity index (χ4v) is 10.2. The van der Waals surface area contributed by atoms with Gasteiger partial charge < -0.3 is 49.0 Å². The van der Waals surface area contributed by atoms with Crippen LogP contribution in [0, 0.1) is 17.8 Å². The zero-order valence-electron chi connectivity index (χ0n) is 37.8. The van der Waals surface area contributed by atoms with Crippen molar-refractivity contribution in [3.63, 3.8) is 0 Å². The molecule has 346 valence electrons. The van der Waals surface area contributed by atoms with Gasteiger partial charge in [-0.25, -0.2) is 4.79 Å². The molecule has 2 aromatic carbocycles. The number of unbranched alkanes of at least 4 members (excludes halogenated alkanes) is 11. The van der Waals surface area contributed by atoms with Gasteiger partial charge in [-0.3, -0.25) is 4.79 Å². The van der Waals surface area contributed by atoms with E-state index in [9.17, 15) is 19.8 Å². The van der Waals surface area contributed by atoms with Crippen LogP contribution >= 0.6 is 0 Å². The smallest absolute Gasteiger partial charge is 0.412 e. The van der Waals surface area contributed by atoms with Gasteiger partial charge in [0.1, 0.15) is 24.7 Å². The summed E-state index contributed by atoms with van der Waals surface area (Å²) in [5.41, 5.74) is 2.89. The summed E-state index contributed by atoms with van der Waals surface area (Å²) in [6.07, 6.45) is 20.4. The van der Waals surface area contributed by atoms with Crippen LogP contribution in [0.1, 0.15) is 138 Å². The third kappa shape index (κ3) is 11.6. The fraction of sp³-hybridized carbons (Fsp3) is 0.620. The number of amides is 2. The van der Waals surface area contributed by atoms with Gasteiger partial charge in [0.05, 0.1) is 18.2 Å². The van der Waals surface area contributed by atoms with E-state index in [1.165, 1.54) is 52.1 Å². The first-order chi connectivity index (χ1) is 30.8. The molecule has 6 atom stereocenters. The maximum absolute atomic E-state index is 14.6. The molecule has 2 heterocycles. The second-order valence-corrected chi connectivity index (χ2v) is 17.4. The molecule has 2 aliphatic carbocycles. The molecule has 63 heavy (non-hydrogen) atoms. The van der Waals surface area contributed by atoms with Crippen LogP contribution in [0.3, 0.4) is 0 Å². The molecule has 3 N–H and O–H groups in total. The Kier molecular flexibility index (Phi) is 18.2. The van der Waals surface area contributed by atoms with E-state index in [1.807, 2.05) is 12.1 Å². The lowest BCUT2D eigenvalue weighted by molar-refractivity contribution is -0.252. The first-order valence-corrected chi connectivity index (χ1v) is 23.5. The minimum absolute atomic E-state index is 0.0242. The lowest BCUT2D eigenvalue weighted by Crippen LogP contribution is -2.69. The molecule has 0 bridgehead atoms. The van der Waals surface area contributed by atoms with E-state index in [4.69, 9.17) is 28.5 Å². The Labute approximate surface area is 374 Å². The summed E-state index contributed by atoms with van der Waals surface area (Å²) in [4.78, 5) is 35.0. The van der Waals surface area contributed by atoms with Gasteiger partial charge in [0, 0.05) is 50.3 Å². The van der Waals surface area contributed by atoms with Crippen LogP contribution in [0.5, 0.6) is 23.0 Å². The van der Waals surface area contributed by atoms with Crippen LogP contribution in [-0.2, 0) is 9.57 Å². The fourth-order valence-electron chi connectivity index (χ4n) is 10.2. The quantitative estimate of drug-likeness (QED) is 0.0473. The molecule has 2 amide bonds. The molecule has 13 heteroatoms. The van der Waals surface area contributed by atoms with Crippen LogP contribution in [0.2, 0.25) is 0 Å². The Morgan fingerprint density at radius 1 is 0.905 bits per heavy atom. The Balaban J connectivity index is 1.33. The molecule has 0 saturated heterocycles. The van der Waals surface area contributed by atoms with Crippen molar-refractivity contribution in [1.82, 2.24) is 10.2 Å². The van der Waals surface area contributed by atoms with Gasteiger partial charge in [0.15, 0.2) is 11.5 Å². The summed E-state index contributed by atoms with van der Waals surface area (Å²) >= 11 is 0. The van der Waals surface area contributed by atoms with Gasteiger partial charge in [0.2, 0.25) is 12.6 Å². The van der Waals surface area contributed by atoms with E-state index in [1.54, 1.807) is 42.3 Å². The van der Waals surface area contributed by atoms with Gasteiger partial charge >= 0.3 is 6.09 Å². The van der Waals surface area contributed by atoms with Crippen LogP contribution in [0.25, 0.3) is 0 Å². The highest BCUT2D eigenvalue weighted by molar-refractivity contribution is 6.03. The average Bonchev–Trinajstić information content (AvgIpc) is 3.77. The molecule has 6 unspecified atom stereocenters. The maximum atomic E-state index is 14.6. The zero-order valence-corrected chi connectivity index (χ0v) is 37.8. The van der Waals surface area contributed by atoms with Gasteiger partial charge in [0.25, 0.3) is 5.91 Å². The monoisotopic (exact) mass is 874 g/mol. The van der Waals surface area contributed by atoms with Gasteiger partial charge in [-0.2, -0.15) is 0 Å². The van der Waals surface area contributed by atoms with Crippen molar-refractivity contribution in [2.24, 2.45) is 22.9 Å². The first kappa shape index (κ1) is 47.9. The Hall–Kier alpha value is -4.59. The SMILES string of the molecule is C=CCOC12Oc3ccc(OC(=O)NCCCCCCCCCCCC)cc3C3C(CCCCO)C(CCCCO)C=C(C(=NOC)CC1N(C)C(=O)c1ccc4c(c1)OCO4)C32. The number of hydrogen-bond donors (Lipinski definition) is 3. The van der Waals surface area contributed by atoms with Crippen LogP contribution in [0.15, 0.2) is 65.9 Å². The van der Waals surface area contributed by atoms with Gasteiger partial charge in [-0.05, 0) is 85.9 Å². The van der Waals surface area contributed by atoms with E-state index in [0.29, 0.717) is 53.7 Å². The van der Waals surface area contributed by atoms with Crippen molar-refractivity contribution >= 4 is 17.7 Å². The van der Waals surface area contributed by atoms with Crippen molar-refractivity contribution in [2.45, 2.75) is 134 Å². The normalized spacial score (nSPS) is 23.5. The number of nitrogens with one attached hydrogen (secondary N) is 1. The molecule has 1 fully saturated rings. The van der Waals surface area contributed by atoms with Crippen LogP contribution < -0.4 is 24.3 Å². The van der Waals surface area contributed by atoms with Gasteiger partial charge in [-0.15, -0.1) is 6.58 Å². The van der Waals surface area contributed by atoms with E-state index in [2.05, 4.69) is 30.1 Å².